The number of fused-ring (bicyclic) bond motifs is 1. The zero-order valence-corrected chi connectivity index (χ0v) is 13.9. The Morgan fingerprint density at radius 1 is 1.10 bits per heavy atom. The Hall–Kier alpha value is -0.340. The number of rotatable bonds is 3. The van der Waals surface area contributed by atoms with Crippen molar-refractivity contribution in [3.63, 3.8) is 0 Å². The second-order valence-corrected chi connectivity index (χ2v) is 8.08. The lowest BCUT2D eigenvalue weighted by Gasteiger charge is -2.26. The first-order chi connectivity index (χ1) is 9.74. The van der Waals surface area contributed by atoms with Gasteiger partial charge in [0, 0.05) is 21.8 Å². The van der Waals surface area contributed by atoms with Gasteiger partial charge in [-0.25, -0.2) is 0 Å². The molecule has 1 fully saturated rings. The smallest absolute Gasteiger partial charge is 0.0388 e. The van der Waals surface area contributed by atoms with Crippen LogP contribution in [0.4, 0.5) is 0 Å². The second-order valence-electron chi connectivity index (χ2n) is 6.91. The lowest BCUT2D eigenvalue weighted by molar-refractivity contribution is 0.332. The maximum atomic E-state index is 3.94. The first-order valence-electron chi connectivity index (χ1n) is 8.61. The molecule has 0 spiro atoms. The highest BCUT2D eigenvalue weighted by Gasteiger charge is 2.23. The summed E-state index contributed by atoms with van der Waals surface area (Å²) in [6, 6.07) is 3.76. The molecule has 0 amide bonds. The van der Waals surface area contributed by atoms with Crippen LogP contribution in [-0.4, -0.2) is 6.04 Å². The van der Waals surface area contributed by atoms with Gasteiger partial charge in [0.1, 0.15) is 0 Å². The fourth-order valence-corrected chi connectivity index (χ4v) is 5.14. The van der Waals surface area contributed by atoms with Gasteiger partial charge in [-0.2, -0.15) is 0 Å². The minimum atomic E-state index is 0.538. The van der Waals surface area contributed by atoms with E-state index < -0.39 is 0 Å². The highest BCUT2D eigenvalue weighted by Crippen LogP contribution is 2.34. The molecule has 1 aromatic heterocycles. The van der Waals surface area contributed by atoms with E-state index >= 15 is 0 Å². The largest absolute Gasteiger partial charge is 0.306 e. The van der Waals surface area contributed by atoms with Crippen LogP contribution in [0.3, 0.4) is 0 Å². The van der Waals surface area contributed by atoms with Gasteiger partial charge in [-0.05, 0) is 63.0 Å². The van der Waals surface area contributed by atoms with Crippen molar-refractivity contribution in [1.82, 2.24) is 5.32 Å². The van der Waals surface area contributed by atoms with Gasteiger partial charge in [0.2, 0.25) is 0 Å². The highest BCUT2D eigenvalue weighted by atomic mass is 32.1. The molecule has 1 heterocycles. The molecule has 112 valence electrons. The van der Waals surface area contributed by atoms with Gasteiger partial charge in [0.05, 0.1) is 0 Å². The van der Waals surface area contributed by atoms with Crippen molar-refractivity contribution in [2.45, 2.75) is 83.7 Å². The van der Waals surface area contributed by atoms with E-state index in [4.69, 9.17) is 0 Å². The molecule has 0 aliphatic heterocycles. The number of nitrogens with one attached hydrogen (secondary N) is 1. The van der Waals surface area contributed by atoms with Crippen molar-refractivity contribution in [3.8, 4) is 0 Å². The van der Waals surface area contributed by atoms with Crippen LogP contribution in [0.2, 0.25) is 0 Å². The van der Waals surface area contributed by atoms with Crippen LogP contribution in [0.5, 0.6) is 0 Å². The Bertz CT molecular complexity index is 413. The lowest BCUT2D eigenvalue weighted by atomic mass is 9.95. The average Bonchev–Trinajstić information content (AvgIpc) is 2.79. The Kier molecular flexibility index (Phi) is 4.83. The Morgan fingerprint density at radius 2 is 1.90 bits per heavy atom. The maximum Gasteiger partial charge on any atom is 0.0388 e. The van der Waals surface area contributed by atoms with E-state index in [1.807, 2.05) is 0 Å². The van der Waals surface area contributed by atoms with Gasteiger partial charge in [-0.3, -0.25) is 0 Å². The predicted octanol–water partition coefficient (Wildman–Crippen LogP) is 5.25. The maximum absolute atomic E-state index is 3.94. The average molecular weight is 292 g/mol. The molecule has 2 aliphatic carbocycles. The molecule has 20 heavy (non-hydrogen) atoms. The zero-order valence-electron chi connectivity index (χ0n) is 13.1. The van der Waals surface area contributed by atoms with Crippen molar-refractivity contribution in [2.75, 3.05) is 0 Å². The van der Waals surface area contributed by atoms with Gasteiger partial charge < -0.3 is 5.32 Å². The van der Waals surface area contributed by atoms with Gasteiger partial charge in [-0.15, -0.1) is 11.3 Å². The van der Waals surface area contributed by atoms with Crippen LogP contribution >= 0.6 is 11.3 Å². The first-order valence-corrected chi connectivity index (χ1v) is 9.43. The van der Waals surface area contributed by atoms with Crippen molar-refractivity contribution < 1.29 is 0 Å². The Morgan fingerprint density at radius 3 is 2.75 bits per heavy atom. The summed E-state index contributed by atoms with van der Waals surface area (Å²) in [6.07, 6.45) is 12.5. The fraction of sp³-hybridized carbons (Fsp3) is 0.778. The molecule has 1 aromatic rings. The quantitative estimate of drug-likeness (QED) is 0.750. The highest BCUT2D eigenvalue weighted by molar-refractivity contribution is 7.12. The summed E-state index contributed by atoms with van der Waals surface area (Å²) in [6.45, 7) is 4.81. The number of thiophene rings is 1. The van der Waals surface area contributed by atoms with E-state index in [2.05, 4.69) is 36.6 Å². The third-order valence-corrected chi connectivity index (χ3v) is 6.69. The minimum absolute atomic E-state index is 0.538. The molecular weight excluding hydrogens is 262 g/mol. The molecule has 3 unspecified atom stereocenters. The molecule has 0 bridgehead atoms. The third kappa shape index (κ3) is 3.28. The van der Waals surface area contributed by atoms with Gasteiger partial charge >= 0.3 is 0 Å². The molecule has 1 nitrogen and oxygen atoms in total. The van der Waals surface area contributed by atoms with Crippen LogP contribution < -0.4 is 5.32 Å². The molecular formula is C18H29NS. The third-order valence-electron chi connectivity index (χ3n) is 5.27. The van der Waals surface area contributed by atoms with Crippen molar-refractivity contribution in [3.05, 3.63) is 21.4 Å². The Labute approximate surface area is 128 Å². The van der Waals surface area contributed by atoms with E-state index in [0.717, 1.165) is 12.0 Å². The molecule has 0 saturated heterocycles. The normalized spacial score (nSPS) is 28.7. The summed E-state index contributed by atoms with van der Waals surface area (Å²) in [5.74, 6) is 0.842. The lowest BCUT2D eigenvalue weighted by Crippen LogP contribution is -2.35. The summed E-state index contributed by atoms with van der Waals surface area (Å²) < 4.78 is 0. The summed E-state index contributed by atoms with van der Waals surface area (Å²) >= 11 is 2.08. The molecule has 2 aliphatic rings. The molecule has 2 heteroatoms. The summed E-state index contributed by atoms with van der Waals surface area (Å²) in [7, 11) is 0. The summed E-state index contributed by atoms with van der Waals surface area (Å²) in [5.41, 5.74) is 1.65. The SMILES string of the molecule is CC(NC1CCCCCC1C)c1cc2c(s1)CCCC2. The Balaban J connectivity index is 1.65. The van der Waals surface area contributed by atoms with Gasteiger partial charge in [-0.1, -0.05) is 26.2 Å². The van der Waals surface area contributed by atoms with E-state index in [0.29, 0.717) is 6.04 Å². The monoisotopic (exact) mass is 291 g/mol. The fourth-order valence-electron chi connectivity index (χ4n) is 3.87. The van der Waals surface area contributed by atoms with Crippen LogP contribution in [0.25, 0.3) is 0 Å². The van der Waals surface area contributed by atoms with Crippen LogP contribution in [0.1, 0.15) is 80.2 Å². The van der Waals surface area contributed by atoms with E-state index in [9.17, 15) is 0 Å². The van der Waals surface area contributed by atoms with Crippen LogP contribution in [-0.2, 0) is 12.8 Å². The van der Waals surface area contributed by atoms with Crippen molar-refractivity contribution in [1.29, 1.82) is 0 Å². The number of hydrogen-bond acceptors (Lipinski definition) is 2. The summed E-state index contributed by atoms with van der Waals surface area (Å²) in [4.78, 5) is 3.25. The topological polar surface area (TPSA) is 12.0 Å². The van der Waals surface area contributed by atoms with E-state index in [1.54, 1.807) is 15.3 Å². The second kappa shape index (κ2) is 6.62. The molecule has 3 atom stereocenters. The number of hydrogen-bond donors (Lipinski definition) is 1. The standard InChI is InChI=1S/C18H29NS/c1-13-8-4-3-5-10-16(13)19-14(2)18-12-15-9-6-7-11-17(15)20-18/h12-14,16,19H,3-11H2,1-2H3. The zero-order chi connectivity index (χ0) is 13.9. The van der Waals surface area contributed by atoms with Crippen LogP contribution in [0.15, 0.2) is 6.07 Å². The molecule has 0 aromatic carbocycles. The van der Waals surface area contributed by atoms with E-state index in [1.165, 1.54) is 57.8 Å². The first kappa shape index (κ1) is 14.6. The molecule has 1 saturated carbocycles. The molecule has 1 N–H and O–H groups in total. The summed E-state index contributed by atoms with van der Waals surface area (Å²) in [5, 5.41) is 3.94. The molecule has 3 rings (SSSR count). The van der Waals surface area contributed by atoms with E-state index in [-0.39, 0.29) is 0 Å². The van der Waals surface area contributed by atoms with Gasteiger partial charge in [0.15, 0.2) is 0 Å². The predicted molar refractivity (Wildman–Crippen MR) is 88.5 cm³/mol. The molecule has 0 radical (unpaired) electrons. The minimum Gasteiger partial charge on any atom is -0.306 e. The van der Waals surface area contributed by atoms with Crippen LogP contribution in [0, 0.1) is 5.92 Å². The van der Waals surface area contributed by atoms with Crippen molar-refractivity contribution in [2.24, 2.45) is 5.92 Å². The van der Waals surface area contributed by atoms with Gasteiger partial charge in [0.25, 0.3) is 0 Å². The van der Waals surface area contributed by atoms with Crippen molar-refractivity contribution >= 4 is 11.3 Å². The number of aryl methyl sites for hydroxylation is 2.